The van der Waals surface area contributed by atoms with Crippen molar-refractivity contribution in [3.63, 3.8) is 0 Å². The van der Waals surface area contributed by atoms with Gasteiger partial charge in [0.1, 0.15) is 16.2 Å². The number of aromatic nitrogens is 2. The lowest BCUT2D eigenvalue weighted by molar-refractivity contribution is 0.134. The number of fused-ring (bicyclic) bond motifs is 1. The minimum atomic E-state index is -3.55. The Hall–Kier alpha value is -1.86. The van der Waals surface area contributed by atoms with E-state index in [9.17, 15) is 8.42 Å². The summed E-state index contributed by atoms with van der Waals surface area (Å²) in [6.45, 7) is 5.02. The van der Waals surface area contributed by atoms with E-state index in [0.29, 0.717) is 29.7 Å². The van der Waals surface area contributed by atoms with Crippen LogP contribution in [0.15, 0.2) is 35.4 Å². The van der Waals surface area contributed by atoms with Crippen molar-refractivity contribution in [1.29, 1.82) is 0 Å². The van der Waals surface area contributed by atoms with E-state index < -0.39 is 10.0 Å². The molecule has 0 radical (unpaired) electrons. The molecule has 0 unspecified atom stereocenters. The molecule has 0 N–H and O–H groups in total. The summed E-state index contributed by atoms with van der Waals surface area (Å²) in [7, 11) is -1.62. The molecular weight excluding hydrogens is 350 g/mol. The van der Waals surface area contributed by atoms with E-state index in [1.54, 1.807) is 16.6 Å². The molecule has 2 aromatic rings. The SMILES string of the molecule is Cn1nccc1C1CCN(S(=O)(=O)c2cccc3c2OC(C)(C)C3)CC1. The van der Waals surface area contributed by atoms with Crippen LogP contribution in [0.3, 0.4) is 0 Å². The smallest absolute Gasteiger partial charge is 0.246 e. The van der Waals surface area contributed by atoms with Gasteiger partial charge in [-0.15, -0.1) is 0 Å². The lowest BCUT2D eigenvalue weighted by atomic mass is 9.95. The molecule has 140 valence electrons. The van der Waals surface area contributed by atoms with Crippen LogP contribution in [0.5, 0.6) is 5.75 Å². The zero-order valence-electron chi connectivity index (χ0n) is 15.5. The minimum Gasteiger partial charge on any atom is -0.486 e. The van der Waals surface area contributed by atoms with Crippen LogP contribution in [0.2, 0.25) is 0 Å². The van der Waals surface area contributed by atoms with Gasteiger partial charge in [0.05, 0.1) is 0 Å². The van der Waals surface area contributed by atoms with E-state index in [1.807, 2.05) is 43.8 Å². The van der Waals surface area contributed by atoms with Crippen molar-refractivity contribution < 1.29 is 13.2 Å². The molecule has 3 heterocycles. The quantitative estimate of drug-likeness (QED) is 0.827. The second kappa shape index (κ2) is 6.09. The molecule has 7 heteroatoms. The topological polar surface area (TPSA) is 64.4 Å². The number of hydrogen-bond donors (Lipinski definition) is 0. The first-order valence-corrected chi connectivity index (χ1v) is 10.5. The van der Waals surface area contributed by atoms with Crippen molar-refractivity contribution in [1.82, 2.24) is 14.1 Å². The molecule has 1 saturated heterocycles. The van der Waals surface area contributed by atoms with E-state index in [0.717, 1.165) is 24.8 Å². The Labute approximate surface area is 154 Å². The summed E-state index contributed by atoms with van der Waals surface area (Å²) in [5.74, 6) is 0.886. The Balaban J connectivity index is 1.56. The number of benzene rings is 1. The first-order chi connectivity index (χ1) is 12.3. The van der Waals surface area contributed by atoms with E-state index in [1.165, 1.54) is 5.69 Å². The fourth-order valence-corrected chi connectivity index (χ4v) is 5.73. The second-order valence-electron chi connectivity index (χ2n) is 7.84. The Morgan fingerprint density at radius 3 is 2.58 bits per heavy atom. The van der Waals surface area contributed by atoms with Crippen LogP contribution in [0.1, 0.15) is 43.9 Å². The highest BCUT2D eigenvalue weighted by Gasteiger charge is 2.38. The summed E-state index contributed by atoms with van der Waals surface area (Å²) < 4.78 is 36.0. The van der Waals surface area contributed by atoms with Crippen LogP contribution in [-0.2, 0) is 23.5 Å². The van der Waals surface area contributed by atoms with Crippen LogP contribution >= 0.6 is 0 Å². The summed E-state index contributed by atoms with van der Waals surface area (Å²) in [5.41, 5.74) is 1.79. The van der Waals surface area contributed by atoms with Crippen molar-refractivity contribution in [2.75, 3.05) is 13.1 Å². The van der Waals surface area contributed by atoms with Gasteiger partial charge in [-0.1, -0.05) is 12.1 Å². The third-order valence-electron chi connectivity index (χ3n) is 5.40. The van der Waals surface area contributed by atoms with E-state index in [2.05, 4.69) is 5.10 Å². The summed E-state index contributed by atoms with van der Waals surface area (Å²) in [6, 6.07) is 7.47. The Bertz CT molecular complexity index is 925. The van der Waals surface area contributed by atoms with Crippen molar-refractivity contribution in [2.45, 2.75) is 49.5 Å². The molecule has 0 bridgehead atoms. The zero-order chi connectivity index (χ0) is 18.5. The minimum absolute atomic E-state index is 0.305. The molecule has 4 rings (SSSR count). The van der Waals surface area contributed by atoms with Gasteiger partial charge in [0.25, 0.3) is 0 Å². The van der Waals surface area contributed by atoms with Crippen molar-refractivity contribution in [3.05, 3.63) is 41.7 Å². The largest absolute Gasteiger partial charge is 0.486 e. The lowest BCUT2D eigenvalue weighted by Gasteiger charge is -2.31. The van der Waals surface area contributed by atoms with Crippen LogP contribution < -0.4 is 4.74 Å². The normalized spacial score (nSPS) is 20.7. The molecule has 2 aliphatic rings. The molecule has 0 atom stereocenters. The Morgan fingerprint density at radius 2 is 1.92 bits per heavy atom. The summed E-state index contributed by atoms with van der Waals surface area (Å²) in [4.78, 5) is 0.305. The number of para-hydroxylation sites is 1. The molecule has 0 amide bonds. The van der Waals surface area contributed by atoms with Gasteiger partial charge in [-0.3, -0.25) is 4.68 Å². The second-order valence-corrected chi connectivity index (χ2v) is 9.75. The molecule has 26 heavy (non-hydrogen) atoms. The predicted octanol–water partition coefficient (Wildman–Crippen LogP) is 2.70. The number of aryl methyl sites for hydroxylation is 1. The average Bonchev–Trinajstić information content (AvgIpc) is 3.15. The maximum atomic E-state index is 13.2. The molecule has 1 fully saturated rings. The molecule has 0 saturated carbocycles. The van der Waals surface area contributed by atoms with Crippen molar-refractivity contribution in [2.24, 2.45) is 7.05 Å². The highest BCUT2D eigenvalue weighted by Crippen LogP contribution is 2.41. The first-order valence-electron chi connectivity index (χ1n) is 9.07. The first kappa shape index (κ1) is 17.5. The number of sulfonamides is 1. The predicted molar refractivity (Wildman–Crippen MR) is 98.8 cm³/mol. The van der Waals surface area contributed by atoms with Crippen LogP contribution in [-0.4, -0.2) is 41.2 Å². The third kappa shape index (κ3) is 2.93. The number of ether oxygens (including phenoxy) is 1. The van der Waals surface area contributed by atoms with Crippen LogP contribution in [0.4, 0.5) is 0 Å². The van der Waals surface area contributed by atoms with Crippen molar-refractivity contribution >= 4 is 10.0 Å². The monoisotopic (exact) mass is 375 g/mol. The number of hydrogen-bond acceptors (Lipinski definition) is 4. The Morgan fingerprint density at radius 1 is 1.19 bits per heavy atom. The molecule has 2 aliphatic heterocycles. The van der Waals surface area contributed by atoms with E-state index in [-0.39, 0.29) is 5.60 Å². The van der Waals surface area contributed by atoms with Gasteiger partial charge in [-0.25, -0.2) is 8.42 Å². The fourth-order valence-electron chi connectivity index (χ4n) is 4.11. The van der Waals surface area contributed by atoms with Crippen molar-refractivity contribution in [3.8, 4) is 5.75 Å². The summed E-state index contributed by atoms with van der Waals surface area (Å²) in [5, 5.41) is 4.23. The van der Waals surface area contributed by atoms with E-state index >= 15 is 0 Å². The maximum absolute atomic E-state index is 13.2. The van der Waals surface area contributed by atoms with Gasteiger partial charge in [0.15, 0.2) is 0 Å². The molecule has 0 spiro atoms. The van der Waals surface area contributed by atoms with Gasteiger partial charge in [0.2, 0.25) is 10.0 Å². The molecule has 1 aromatic carbocycles. The van der Waals surface area contributed by atoms with Gasteiger partial charge in [-0.2, -0.15) is 9.40 Å². The zero-order valence-corrected chi connectivity index (χ0v) is 16.3. The van der Waals surface area contributed by atoms with Gasteiger partial charge in [-0.05, 0) is 44.4 Å². The Kier molecular flexibility index (Phi) is 4.11. The van der Waals surface area contributed by atoms with Gasteiger partial charge >= 0.3 is 0 Å². The molecular formula is C19H25N3O3S. The third-order valence-corrected chi connectivity index (χ3v) is 7.33. The number of rotatable bonds is 3. The standard InChI is InChI=1S/C19H25N3O3S/c1-19(2)13-15-5-4-6-17(18(15)25-19)26(23,24)22-11-8-14(9-12-22)16-7-10-20-21(16)3/h4-7,10,14H,8-9,11-13H2,1-3H3. The maximum Gasteiger partial charge on any atom is 0.246 e. The highest BCUT2D eigenvalue weighted by molar-refractivity contribution is 7.89. The summed E-state index contributed by atoms with van der Waals surface area (Å²) >= 11 is 0. The fraction of sp³-hybridized carbons (Fsp3) is 0.526. The summed E-state index contributed by atoms with van der Waals surface area (Å²) in [6.07, 6.45) is 4.14. The van der Waals surface area contributed by atoms with Gasteiger partial charge in [0, 0.05) is 44.4 Å². The molecule has 1 aromatic heterocycles. The number of piperidine rings is 1. The lowest BCUT2D eigenvalue weighted by Crippen LogP contribution is -2.38. The number of nitrogens with zero attached hydrogens (tertiary/aromatic N) is 3. The van der Waals surface area contributed by atoms with E-state index in [4.69, 9.17) is 4.74 Å². The van der Waals surface area contributed by atoms with Gasteiger partial charge < -0.3 is 4.74 Å². The molecule has 6 nitrogen and oxygen atoms in total. The highest BCUT2D eigenvalue weighted by atomic mass is 32.2. The van der Waals surface area contributed by atoms with Crippen LogP contribution in [0.25, 0.3) is 0 Å². The molecule has 0 aliphatic carbocycles. The van der Waals surface area contributed by atoms with Crippen LogP contribution in [0, 0.1) is 0 Å². The average molecular weight is 375 g/mol.